The Morgan fingerprint density at radius 1 is 1.38 bits per heavy atom. The molecule has 1 rings (SSSR count). The number of ether oxygens (including phenoxy) is 1. The highest BCUT2D eigenvalue weighted by atomic mass is 16.5. The topological polar surface area (TPSA) is 45.0 Å². The molecule has 3 heteroatoms. The van der Waals surface area contributed by atoms with Crippen LogP contribution in [0.1, 0.15) is 40.0 Å². The van der Waals surface area contributed by atoms with Crippen molar-refractivity contribution in [1.29, 1.82) is 5.26 Å². The number of hydrogen-bond acceptors (Lipinski definition) is 3. The number of nitriles is 1. The summed E-state index contributed by atoms with van der Waals surface area (Å²) in [5.74, 6) is 0. The first-order valence-corrected chi connectivity index (χ1v) is 6.17. The minimum atomic E-state index is -0.205. The van der Waals surface area contributed by atoms with Gasteiger partial charge in [-0.3, -0.25) is 0 Å². The minimum absolute atomic E-state index is 0.205. The first-order chi connectivity index (χ1) is 7.47. The van der Waals surface area contributed by atoms with E-state index in [0.29, 0.717) is 5.41 Å². The average Bonchev–Trinajstić information content (AvgIpc) is 2.26. The highest BCUT2D eigenvalue weighted by Crippen LogP contribution is 2.28. The molecule has 0 spiro atoms. The highest BCUT2D eigenvalue weighted by molar-refractivity contribution is 4.92. The molecule has 92 valence electrons. The molecule has 0 radical (unpaired) electrons. The lowest BCUT2D eigenvalue weighted by Gasteiger charge is -2.34. The molecule has 1 aliphatic heterocycles. The van der Waals surface area contributed by atoms with E-state index in [4.69, 9.17) is 10.00 Å². The van der Waals surface area contributed by atoms with Crippen LogP contribution in [0.25, 0.3) is 0 Å². The Hall–Kier alpha value is -0.590. The van der Waals surface area contributed by atoms with Gasteiger partial charge in [-0.2, -0.15) is 5.26 Å². The summed E-state index contributed by atoms with van der Waals surface area (Å²) in [4.78, 5) is 0. The van der Waals surface area contributed by atoms with E-state index in [1.54, 1.807) is 0 Å². The lowest BCUT2D eigenvalue weighted by atomic mass is 9.82. The van der Waals surface area contributed by atoms with Crippen molar-refractivity contribution in [3.8, 4) is 6.07 Å². The largest absolute Gasteiger partial charge is 0.381 e. The quantitative estimate of drug-likeness (QED) is 0.729. The van der Waals surface area contributed by atoms with Gasteiger partial charge in [0.2, 0.25) is 0 Å². The zero-order chi connectivity index (χ0) is 12.1. The monoisotopic (exact) mass is 224 g/mol. The van der Waals surface area contributed by atoms with Crippen molar-refractivity contribution in [3.63, 3.8) is 0 Å². The van der Waals surface area contributed by atoms with E-state index in [9.17, 15) is 0 Å². The summed E-state index contributed by atoms with van der Waals surface area (Å²) in [5, 5.41) is 12.4. The van der Waals surface area contributed by atoms with Crippen molar-refractivity contribution >= 4 is 0 Å². The summed E-state index contributed by atoms with van der Waals surface area (Å²) < 4.78 is 5.37. The second kappa shape index (κ2) is 5.65. The van der Waals surface area contributed by atoms with Crippen LogP contribution in [0.2, 0.25) is 0 Å². The van der Waals surface area contributed by atoms with Gasteiger partial charge in [-0.1, -0.05) is 6.92 Å². The maximum Gasteiger partial charge on any atom is 0.0684 e. The normalized spacial score (nSPS) is 20.4. The smallest absolute Gasteiger partial charge is 0.0684 e. The highest BCUT2D eigenvalue weighted by Gasteiger charge is 2.27. The van der Waals surface area contributed by atoms with Gasteiger partial charge in [0, 0.05) is 19.8 Å². The molecule has 1 heterocycles. The number of nitrogens with one attached hydrogen (secondary N) is 1. The molecule has 0 aromatic rings. The van der Waals surface area contributed by atoms with Crippen LogP contribution in [-0.2, 0) is 4.74 Å². The van der Waals surface area contributed by atoms with Crippen molar-refractivity contribution in [2.75, 3.05) is 26.3 Å². The van der Waals surface area contributed by atoms with Crippen LogP contribution in [0.4, 0.5) is 0 Å². The first-order valence-electron chi connectivity index (χ1n) is 6.17. The van der Waals surface area contributed by atoms with E-state index in [1.807, 2.05) is 13.8 Å². The molecule has 0 saturated carbocycles. The molecule has 1 fully saturated rings. The van der Waals surface area contributed by atoms with Gasteiger partial charge in [-0.15, -0.1) is 0 Å². The summed E-state index contributed by atoms with van der Waals surface area (Å²) in [7, 11) is 0. The van der Waals surface area contributed by atoms with Gasteiger partial charge in [0.15, 0.2) is 0 Å². The second-order valence-corrected chi connectivity index (χ2v) is 5.85. The van der Waals surface area contributed by atoms with E-state index in [0.717, 1.165) is 45.6 Å². The summed E-state index contributed by atoms with van der Waals surface area (Å²) in [5.41, 5.74) is 0.179. The molecule has 0 amide bonds. The minimum Gasteiger partial charge on any atom is -0.381 e. The van der Waals surface area contributed by atoms with Gasteiger partial charge in [-0.05, 0) is 45.1 Å². The van der Waals surface area contributed by atoms with Crippen molar-refractivity contribution in [1.82, 2.24) is 5.32 Å². The third kappa shape index (κ3) is 4.51. The molecule has 0 unspecified atom stereocenters. The fraction of sp³-hybridized carbons (Fsp3) is 0.923. The maximum absolute atomic E-state index is 8.90. The van der Waals surface area contributed by atoms with E-state index in [1.165, 1.54) is 0 Å². The van der Waals surface area contributed by atoms with Gasteiger partial charge in [0.05, 0.1) is 11.5 Å². The third-order valence-corrected chi connectivity index (χ3v) is 3.48. The Balaban J connectivity index is 2.18. The SMILES string of the molecule is CC(C)(C#N)CCNCC1(C)CCOCC1. The van der Waals surface area contributed by atoms with E-state index in [-0.39, 0.29) is 5.41 Å². The molecule has 0 atom stereocenters. The summed E-state index contributed by atoms with van der Waals surface area (Å²) >= 11 is 0. The molecule has 0 bridgehead atoms. The van der Waals surface area contributed by atoms with Crippen molar-refractivity contribution in [2.24, 2.45) is 10.8 Å². The van der Waals surface area contributed by atoms with Gasteiger partial charge >= 0.3 is 0 Å². The molecule has 0 aromatic carbocycles. The fourth-order valence-corrected chi connectivity index (χ4v) is 1.89. The van der Waals surface area contributed by atoms with Crippen LogP contribution < -0.4 is 5.32 Å². The Morgan fingerprint density at radius 2 is 2.00 bits per heavy atom. The van der Waals surface area contributed by atoms with Crippen LogP contribution in [0.3, 0.4) is 0 Å². The van der Waals surface area contributed by atoms with Crippen LogP contribution in [0.5, 0.6) is 0 Å². The molecule has 1 N–H and O–H groups in total. The van der Waals surface area contributed by atoms with E-state index in [2.05, 4.69) is 18.3 Å². The van der Waals surface area contributed by atoms with Gasteiger partial charge < -0.3 is 10.1 Å². The molecule has 0 aliphatic carbocycles. The molecule has 1 aliphatic rings. The van der Waals surface area contributed by atoms with Gasteiger partial charge in [-0.25, -0.2) is 0 Å². The van der Waals surface area contributed by atoms with Crippen molar-refractivity contribution in [3.05, 3.63) is 0 Å². The zero-order valence-corrected chi connectivity index (χ0v) is 10.8. The Labute approximate surface area is 99.2 Å². The lowest BCUT2D eigenvalue weighted by Crippen LogP contribution is -2.37. The number of rotatable bonds is 5. The van der Waals surface area contributed by atoms with Gasteiger partial charge in [0.1, 0.15) is 0 Å². The van der Waals surface area contributed by atoms with Crippen LogP contribution in [0, 0.1) is 22.2 Å². The maximum atomic E-state index is 8.90. The Bertz CT molecular complexity index is 249. The molecular formula is C13H24N2O. The molecular weight excluding hydrogens is 200 g/mol. The average molecular weight is 224 g/mol. The lowest BCUT2D eigenvalue weighted by molar-refractivity contribution is 0.0240. The van der Waals surface area contributed by atoms with E-state index < -0.39 is 0 Å². The van der Waals surface area contributed by atoms with Gasteiger partial charge in [0.25, 0.3) is 0 Å². The fourth-order valence-electron chi connectivity index (χ4n) is 1.89. The van der Waals surface area contributed by atoms with Crippen LogP contribution in [-0.4, -0.2) is 26.3 Å². The summed E-state index contributed by atoms with van der Waals surface area (Å²) in [6.45, 7) is 10.0. The summed E-state index contributed by atoms with van der Waals surface area (Å²) in [6.07, 6.45) is 3.19. The van der Waals surface area contributed by atoms with Crippen molar-refractivity contribution in [2.45, 2.75) is 40.0 Å². The number of hydrogen-bond donors (Lipinski definition) is 1. The van der Waals surface area contributed by atoms with Crippen LogP contribution in [0.15, 0.2) is 0 Å². The predicted octanol–water partition coefficient (Wildman–Crippen LogP) is 2.33. The molecule has 1 saturated heterocycles. The first kappa shape index (κ1) is 13.5. The predicted molar refractivity (Wildman–Crippen MR) is 65.0 cm³/mol. The molecule has 3 nitrogen and oxygen atoms in total. The van der Waals surface area contributed by atoms with Crippen molar-refractivity contribution < 1.29 is 4.74 Å². The standard InChI is InChI=1S/C13H24N2O/c1-12(2,10-14)4-7-15-11-13(3)5-8-16-9-6-13/h15H,4-9,11H2,1-3H3. The molecule has 0 aromatic heterocycles. The third-order valence-electron chi connectivity index (χ3n) is 3.48. The Morgan fingerprint density at radius 3 is 2.56 bits per heavy atom. The second-order valence-electron chi connectivity index (χ2n) is 5.85. The molecule has 16 heavy (non-hydrogen) atoms. The van der Waals surface area contributed by atoms with Crippen LogP contribution >= 0.6 is 0 Å². The summed E-state index contributed by atoms with van der Waals surface area (Å²) in [6, 6.07) is 2.33. The Kier molecular flexibility index (Phi) is 4.76. The van der Waals surface area contributed by atoms with E-state index >= 15 is 0 Å². The zero-order valence-electron chi connectivity index (χ0n) is 10.8. The number of nitrogens with zero attached hydrogens (tertiary/aromatic N) is 1.